The molecule has 0 saturated heterocycles. The van der Waals surface area contributed by atoms with Crippen molar-refractivity contribution in [3.63, 3.8) is 0 Å². The molecular weight excluding hydrogens is 320 g/mol. The number of carbonyl (C=O) groups excluding carboxylic acids is 1. The van der Waals surface area contributed by atoms with Crippen LogP contribution in [0.2, 0.25) is 0 Å². The van der Waals surface area contributed by atoms with Crippen molar-refractivity contribution in [1.29, 1.82) is 0 Å². The molecular formula is C5H24ClCoN5O6+. The van der Waals surface area contributed by atoms with Crippen LogP contribution in [0.25, 0.3) is 0 Å². The normalized spacial score (nSPS) is 6.72. The number of aliphatic carboxylic acids is 1. The van der Waals surface area contributed by atoms with Crippen LogP contribution in [0.5, 0.6) is 0 Å². The van der Waals surface area contributed by atoms with E-state index in [0.29, 0.717) is 0 Å². The first-order valence-electron chi connectivity index (χ1n) is 3.09. The molecule has 18 heavy (non-hydrogen) atoms. The van der Waals surface area contributed by atoms with Crippen LogP contribution in [0, 0.1) is 10.2 Å². The second kappa shape index (κ2) is 30.2. The van der Waals surface area contributed by atoms with Gasteiger partial charge in [0.15, 0.2) is 0 Å². The molecule has 0 atom stereocenters. The topological polar surface area (TPSA) is 307 Å². The number of halogens is 1. The van der Waals surface area contributed by atoms with Gasteiger partial charge in [-0.1, -0.05) is 13.3 Å². The van der Waals surface area contributed by atoms with Gasteiger partial charge < -0.3 is 40.7 Å². The summed E-state index contributed by atoms with van der Waals surface area (Å²) in [5.41, 5.74) is 0. The standard InChI is InChI=1S/C5H10O2.ClHO4.Co.5H3N/c1-2-3-4-5(6)7;2-1(3,4)5;;;;;;/h2-4H2,1H3,(H,6,7);(H,2,3,4,5);;5*1H3/q;;+3;;;;;/p-2. The Kier molecular flexibility index (Phi) is 87.4. The minimum Gasteiger partial charge on any atom is -0.550 e. The number of rotatable bonds is 3. The smallest absolute Gasteiger partial charge is 0.550 e. The molecule has 0 radical (unpaired) electrons. The largest absolute Gasteiger partial charge is 3.00 e. The molecule has 0 saturated carbocycles. The Morgan fingerprint density at radius 2 is 1.17 bits per heavy atom. The van der Waals surface area contributed by atoms with Gasteiger partial charge in [-0.25, -0.2) is 18.6 Å². The molecule has 0 aliphatic rings. The number of carboxylic acids is 1. The van der Waals surface area contributed by atoms with Crippen LogP contribution < -0.4 is 54.5 Å². The quantitative estimate of drug-likeness (QED) is 0.328. The summed E-state index contributed by atoms with van der Waals surface area (Å²) in [5, 5.41) is 9.65. The zero-order valence-corrected chi connectivity index (χ0v) is 12.1. The SMILES string of the molecule is CCCCC(=O)[O-].N.N.N.N.N.[Co+3].[O-][Cl+3]([O-])([O-])[O-]. The first-order valence-corrected chi connectivity index (χ1v) is 4.32. The molecule has 0 spiro atoms. The van der Waals surface area contributed by atoms with Crippen LogP contribution >= 0.6 is 0 Å². The molecule has 0 aromatic carbocycles. The molecule has 0 aliphatic heterocycles. The second-order valence-electron chi connectivity index (χ2n) is 1.85. The molecule has 13 heteroatoms. The van der Waals surface area contributed by atoms with Gasteiger partial charge in [0.05, 0.1) is 0 Å². The van der Waals surface area contributed by atoms with Crippen LogP contribution in [-0.2, 0) is 21.6 Å². The monoisotopic (exact) mass is 344 g/mol. The number of carbonyl (C=O) groups is 1. The Morgan fingerprint density at radius 1 is 0.944 bits per heavy atom. The Labute approximate surface area is 119 Å². The molecule has 0 unspecified atom stereocenters. The maximum absolute atomic E-state index is 9.65. The van der Waals surface area contributed by atoms with Gasteiger partial charge >= 0.3 is 16.8 Å². The van der Waals surface area contributed by atoms with Crippen molar-refractivity contribution in [2.45, 2.75) is 26.2 Å². The van der Waals surface area contributed by atoms with Gasteiger partial charge in [0.2, 0.25) is 0 Å². The minimum absolute atomic E-state index is 0. The summed E-state index contributed by atoms with van der Waals surface area (Å²) in [4.78, 5) is 9.65. The van der Waals surface area contributed by atoms with Crippen LogP contribution in [0.15, 0.2) is 0 Å². The Hall–Kier alpha value is -0.0935. The third-order valence-electron chi connectivity index (χ3n) is 0.734. The molecule has 0 fully saturated rings. The number of unbranched alkanes of at least 4 members (excludes halogenated alkanes) is 1. The fourth-order valence-corrected chi connectivity index (χ4v) is 0.321. The van der Waals surface area contributed by atoms with Crippen LogP contribution in [0.1, 0.15) is 26.2 Å². The molecule has 11 nitrogen and oxygen atoms in total. The zero-order chi connectivity index (χ0) is 10.2. The van der Waals surface area contributed by atoms with Gasteiger partial charge in [-0.3, -0.25) is 0 Å². The van der Waals surface area contributed by atoms with Gasteiger partial charge in [0.1, 0.15) is 0 Å². The summed E-state index contributed by atoms with van der Waals surface area (Å²) in [6.07, 6.45) is 1.87. The molecule has 120 valence electrons. The summed E-state index contributed by atoms with van der Waals surface area (Å²) in [7, 11) is -4.94. The minimum atomic E-state index is -4.94. The van der Waals surface area contributed by atoms with Crippen molar-refractivity contribution in [2.24, 2.45) is 0 Å². The summed E-state index contributed by atoms with van der Waals surface area (Å²) in [5.74, 6) is -0.943. The maximum atomic E-state index is 9.65. The molecule has 0 aliphatic carbocycles. The average molecular weight is 345 g/mol. The predicted molar refractivity (Wildman–Crippen MR) is 49.6 cm³/mol. The molecule has 0 aromatic rings. The van der Waals surface area contributed by atoms with E-state index in [1.54, 1.807) is 0 Å². The predicted octanol–water partition coefficient (Wildman–Crippen LogP) is -4.02. The van der Waals surface area contributed by atoms with E-state index in [-0.39, 0.29) is 54.0 Å². The van der Waals surface area contributed by atoms with Crippen molar-refractivity contribution < 1.29 is 55.6 Å². The van der Waals surface area contributed by atoms with E-state index >= 15 is 0 Å². The van der Waals surface area contributed by atoms with Gasteiger partial charge in [-0.2, -0.15) is 0 Å². The summed E-state index contributed by atoms with van der Waals surface area (Å²) in [6, 6.07) is 0. The van der Waals surface area contributed by atoms with E-state index in [1.807, 2.05) is 6.92 Å². The van der Waals surface area contributed by atoms with Crippen molar-refractivity contribution in [2.75, 3.05) is 0 Å². The van der Waals surface area contributed by atoms with Crippen molar-refractivity contribution in [3.05, 3.63) is 0 Å². The van der Waals surface area contributed by atoms with Gasteiger partial charge in [-0.05, 0) is 12.8 Å². The molecule has 0 amide bonds. The van der Waals surface area contributed by atoms with Crippen LogP contribution in [-0.4, -0.2) is 5.97 Å². The molecule has 0 heterocycles. The van der Waals surface area contributed by atoms with Gasteiger partial charge in [0, 0.05) is 5.97 Å². The van der Waals surface area contributed by atoms with E-state index in [4.69, 9.17) is 18.6 Å². The number of hydrogen-bond acceptors (Lipinski definition) is 11. The van der Waals surface area contributed by atoms with Gasteiger partial charge in [0.25, 0.3) is 0 Å². The van der Waals surface area contributed by atoms with E-state index in [1.165, 1.54) is 0 Å². The summed E-state index contributed by atoms with van der Waals surface area (Å²) in [6.45, 7) is 1.95. The zero-order valence-electron chi connectivity index (χ0n) is 10.3. The van der Waals surface area contributed by atoms with E-state index in [9.17, 15) is 9.90 Å². The first-order chi connectivity index (χ1) is 5.27. The summed E-state index contributed by atoms with van der Waals surface area (Å²) >= 11 is 0. The molecule has 15 N–H and O–H groups in total. The molecule has 0 aromatic heterocycles. The van der Waals surface area contributed by atoms with Crippen LogP contribution in [0.3, 0.4) is 0 Å². The van der Waals surface area contributed by atoms with Crippen LogP contribution in [0.4, 0.5) is 0 Å². The second-order valence-corrected chi connectivity index (χ2v) is 2.61. The number of carboxylic acid groups (broad SMARTS) is 1. The third kappa shape index (κ3) is 232. The van der Waals surface area contributed by atoms with E-state index in [2.05, 4.69) is 0 Å². The van der Waals surface area contributed by atoms with Crippen molar-refractivity contribution in [1.82, 2.24) is 30.8 Å². The van der Waals surface area contributed by atoms with E-state index < -0.39 is 16.2 Å². The maximum Gasteiger partial charge on any atom is 3.00 e. The fraction of sp³-hybridized carbons (Fsp3) is 0.800. The Bertz CT molecular complexity index is 134. The Morgan fingerprint density at radius 3 is 1.22 bits per heavy atom. The first kappa shape index (κ1) is 52.2. The van der Waals surface area contributed by atoms with Gasteiger partial charge in [-0.15, -0.1) is 10.2 Å². The number of hydrogen-bond donors (Lipinski definition) is 5. The molecule has 0 rings (SSSR count). The fourth-order valence-electron chi connectivity index (χ4n) is 0.321. The van der Waals surface area contributed by atoms with Crippen molar-refractivity contribution in [3.8, 4) is 0 Å². The summed E-state index contributed by atoms with van der Waals surface area (Å²) < 4.78 is 34.0. The Balaban J connectivity index is -0.0000000142. The molecule has 0 bridgehead atoms. The average Bonchev–Trinajstić information content (AvgIpc) is 1.79. The van der Waals surface area contributed by atoms with Crippen molar-refractivity contribution >= 4 is 5.97 Å². The third-order valence-corrected chi connectivity index (χ3v) is 0.734. The van der Waals surface area contributed by atoms with E-state index in [0.717, 1.165) is 12.8 Å².